The molecule has 25 heavy (non-hydrogen) atoms. The van der Waals surface area contributed by atoms with Gasteiger partial charge in [0.15, 0.2) is 6.61 Å². The molecule has 6 nitrogen and oxygen atoms in total. The lowest BCUT2D eigenvalue weighted by atomic mass is 9.86. The number of carbonyl (C=O) groups is 3. The van der Waals surface area contributed by atoms with Gasteiger partial charge >= 0.3 is 12.0 Å². The van der Waals surface area contributed by atoms with E-state index in [1.165, 1.54) is 12.1 Å². The van der Waals surface area contributed by atoms with Gasteiger partial charge in [0.25, 0.3) is 5.91 Å². The zero-order valence-electron chi connectivity index (χ0n) is 13.8. The zero-order valence-corrected chi connectivity index (χ0v) is 15.4. The molecule has 1 aromatic carbocycles. The molecule has 1 saturated carbocycles. The Hall–Kier alpha value is -1.96. The van der Waals surface area contributed by atoms with Gasteiger partial charge in [-0.3, -0.25) is 10.1 Å². The van der Waals surface area contributed by atoms with Crippen LogP contribution in [0.5, 0.6) is 0 Å². The molecular weight excluding hydrogens is 395 g/mol. The van der Waals surface area contributed by atoms with Crippen LogP contribution in [0.15, 0.2) is 22.7 Å². The van der Waals surface area contributed by atoms with Crippen LogP contribution in [0.1, 0.15) is 43.0 Å². The number of amides is 3. The highest BCUT2D eigenvalue weighted by molar-refractivity contribution is 9.10. The molecule has 0 saturated heterocycles. The second kappa shape index (κ2) is 8.94. The van der Waals surface area contributed by atoms with Crippen LogP contribution in [-0.2, 0) is 9.53 Å². The van der Waals surface area contributed by atoms with Crippen molar-refractivity contribution in [2.45, 2.75) is 38.6 Å². The topological polar surface area (TPSA) is 84.5 Å². The molecule has 0 radical (unpaired) electrons. The lowest BCUT2D eigenvalue weighted by Crippen LogP contribution is -2.48. The van der Waals surface area contributed by atoms with E-state index in [1.54, 1.807) is 0 Å². The second-order valence-corrected chi connectivity index (χ2v) is 7.01. The van der Waals surface area contributed by atoms with Crippen LogP contribution in [0.4, 0.5) is 9.18 Å². The fourth-order valence-corrected chi connectivity index (χ4v) is 3.09. The van der Waals surface area contributed by atoms with Gasteiger partial charge in [-0.2, -0.15) is 0 Å². The van der Waals surface area contributed by atoms with E-state index in [2.05, 4.69) is 33.5 Å². The van der Waals surface area contributed by atoms with Crippen molar-refractivity contribution < 1.29 is 23.5 Å². The number of esters is 1. The Morgan fingerprint density at radius 1 is 1.28 bits per heavy atom. The fourth-order valence-electron chi connectivity index (χ4n) is 2.76. The van der Waals surface area contributed by atoms with Gasteiger partial charge in [0, 0.05) is 10.5 Å². The number of urea groups is 1. The van der Waals surface area contributed by atoms with E-state index in [4.69, 9.17) is 4.74 Å². The average molecular weight is 415 g/mol. The Balaban J connectivity index is 1.77. The molecule has 2 N–H and O–H groups in total. The summed E-state index contributed by atoms with van der Waals surface area (Å²) in [5, 5.41) is 4.87. The minimum Gasteiger partial charge on any atom is -0.452 e. The molecule has 1 aromatic rings. The molecule has 0 unspecified atom stereocenters. The van der Waals surface area contributed by atoms with Crippen molar-refractivity contribution in [1.82, 2.24) is 10.6 Å². The lowest BCUT2D eigenvalue weighted by molar-refractivity contribution is -0.123. The quantitative estimate of drug-likeness (QED) is 0.741. The third-order valence-corrected chi connectivity index (χ3v) is 4.66. The number of halogens is 2. The van der Waals surface area contributed by atoms with Crippen molar-refractivity contribution in [3.05, 3.63) is 34.1 Å². The maximum atomic E-state index is 13.6. The largest absolute Gasteiger partial charge is 0.452 e. The summed E-state index contributed by atoms with van der Waals surface area (Å²) in [4.78, 5) is 35.3. The van der Waals surface area contributed by atoms with Gasteiger partial charge in [-0.1, -0.05) is 35.7 Å². The molecule has 0 spiro atoms. The molecule has 1 aliphatic rings. The van der Waals surface area contributed by atoms with Crippen LogP contribution < -0.4 is 10.6 Å². The van der Waals surface area contributed by atoms with Crippen molar-refractivity contribution in [1.29, 1.82) is 0 Å². The van der Waals surface area contributed by atoms with Crippen molar-refractivity contribution in [3.63, 3.8) is 0 Å². The van der Waals surface area contributed by atoms with E-state index in [0.717, 1.165) is 31.7 Å². The average Bonchev–Trinajstić information content (AvgIpc) is 2.54. The van der Waals surface area contributed by atoms with E-state index in [-0.39, 0.29) is 11.6 Å². The first-order chi connectivity index (χ1) is 11.9. The third kappa shape index (κ3) is 5.81. The molecule has 1 aliphatic carbocycles. The number of nitrogens with one attached hydrogen (secondary N) is 2. The summed E-state index contributed by atoms with van der Waals surface area (Å²) in [6.45, 7) is 1.39. The van der Waals surface area contributed by atoms with E-state index in [1.807, 2.05) is 0 Å². The number of carbonyl (C=O) groups excluding carboxylic acids is 3. The molecule has 136 valence electrons. The molecule has 2 atom stereocenters. The fraction of sp³-hybridized carbons (Fsp3) is 0.471. The van der Waals surface area contributed by atoms with E-state index >= 15 is 0 Å². The Morgan fingerprint density at radius 3 is 2.68 bits per heavy atom. The number of hydrogen-bond donors (Lipinski definition) is 2. The Bertz CT molecular complexity index is 668. The van der Waals surface area contributed by atoms with Crippen molar-refractivity contribution in [2.75, 3.05) is 6.61 Å². The first-order valence-electron chi connectivity index (χ1n) is 8.09. The van der Waals surface area contributed by atoms with E-state index < -0.39 is 30.3 Å². The van der Waals surface area contributed by atoms with Crippen LogP contribution >= 0.6 is 15.9 Å². The summed E-state index contributed by atoms with van der Waals surface area (Å²) in [5.41, 5.74) is -0.281. The molecule has 0 aromatic heterocycles. The highest BCUT2D eigenvalue weighted by Crippen LogP contribution is 2.23. The van der Waals surface area contributed by atoms with Crippen LogP contribution in [0.25, 0.3) is 0 Å². The summed E-state index contributed by atoms with van der Waals surface area (Å²) >= 11 is 3.08. The summed E-state index contributed by atoms with van der Waals surface area (Å²) in [6.07, 6.45) is 4.10. The summed E-state index contributed by atoms with van der Waals surface area (Å²) in [5.74, 6) is -2.15. The van der Waals surface area contributed by atoms with Crippen LogP contribution in [-0.4, -0.2) is 30.6 Å². The minimum atomic E-state index is -0.971. The molecule has 0 bridgehead atoms. The normalized spacial score (nSPS) is 19.8. The number of benzene rings is 1. The van der Waals surface area contributed by atoms with Gasteiger partial charge in [-0.15, -0.1) is 0 Å². The molecule has 0 aliphatic heterocycles. The van der Waals surface area contributed by atoms with Crippen LogP contribution in [0, 0.1) is 11.7 Å². The number of ether oxygens (including phenoxy) is 1. The Kier molecular flexibility index (Phi) is 6.92. The van der Waals surface area contributed by atoms with Gasteiger partial charge in [-0.05, 0) is 37.0 Å². The van der Waals surface area contributed by atoms with Gasteiger partial charge < -0.3 is 10.1 Å². The monoisotopic (exact) mass is 414 g/mol. The lowest BCUT2D eigenvalue weighted by Gasteiger charge is -2.29. The van der Waals surface area contributed by atoms with E-state index in [0.29, 0.717) is 10.4 Å². The van der Waals surface area contributed by atoms with Gasteiger partial charge in [-0.25, -0.2) is 14.0 Å². The highest BCUT2D eigenvalue weighted by atomic mass is 79.9. The first kappa shape index (κ1) is 19.4. The molecular formula is C17H20BrFN2O4. The highest BCUT2D eigenvalue weighted by Gasteiger charge is 2.23. The maximum absolute atomic E-state index is 13.6. The Labute approximate surface area is 153 Å². The minimum absolute atomic E-state index is 0.0287. The maximum Gasteiger partial charge on any atom is 0.341 e. The molecule has 0 heterocycles. The van der Waals surface area contributed by atoms with Crippen LogP contribution in [0.2, 0.25) is 0 Å². The number of rotatable bonds is 4. The van der Waals surface area contributed by atoms with Crippen LogP contribution in [0.3, 0.4) is 0 Å². The third-order valence-electron chi connectivity index (χ3n) is 4.17. The predicted octanol–water partition coefficient (Wildman–Crippen LogP) is 3.15. The summed E-state index contributed by atoms with van der Waals surface area (Å²) in [7, 11) is 0. The standard InChI is InChI=1S/C17H20BrFN2O4/c1-10-4-2-3-5-14(10)20-17(24)21-15(22)9-25-16(23)12-7-6-11(18)8-13(12)19/h6-8,10,14H,2-5,9H2,1H3,(H2,20,21,22,24)/t10-,14+/m0/s1. The van der Waals surface area contributed by atoms with Crippen molar-refractivity contribution in [2.24, 2.45) is 5.92 Å². The zero-order chi connectivity index (χ0) is 18.4. The number of hydrogen-bond acceptors (Lipinski definition) is 4. The second-order valence-electron chi connectivity index (χ2n) is 6.09. The molecule has 8 heteroatoms. The van der Waals surface area contributed by atoms with E-state index in [9.17, 15) is 18.8 Å². The smallest absolute Gasteiger partial charge is 0.341 e. The first-order valence-corrected chi connectivity index (χ1v) is 8.88. The SMILES string of the molecule is C[C@H]1CCCC[C@H]1NC(=O)NC(=O)COC(=O)c1ccc(Br)cc1F. The number of imide groups is 1. The van der Waals surface area contributed by atoms with Crippen molar-refractivity contribution >= 4 is 33.8 Å². The Morgan fingerprint density at radius 2 is 2.00 bits per heavy atom. The molecule has 3 amide bonds. The van der Waals surface area contributed by atoms with Crippen molar-refractivity contribution in [3.8, 4) is 0 Å². The van der Waals surface area contributed by atoms with Gasteiger partial charge in [0.1, 0.15) is 5.82 Å². The molecule has 1 fully saturated rings. The van der Waals surface area contributed by atoms with Gasteiger partial charge in [0.2, 0.25) is 0 Å². The summed E-state index contributed by atoms with van der Waals surface area (Å²) < 4.78 is 18.9. The summed E-state index contributed by atoms with van der Waals surface area (Å²) in [6, 6.07) is 3.26. The predicted molar refractivity (Wildman–Crippen MR) is 92.5 cm³/mol. The van der Waals surface area contributed by atoms with Gasteiger partial charge in [0.05, 0.1) is 5.56 Å². The molecule has 2 rings (SSSR count).